The summed E-state index contributed by atoms with van der Waals surface area (Å²) in [4.78, 5) is 22.0. The van der Waals surface area contributed by atoms with E-state index in [1.54, 1.807) is 11.7 Å². The van der Waals surface area contributed by atoms with Crippen LogP contribution in [0.4, 0.5) is 0 Å². The highest BCUT2D eigenvalue weighted by atomic mass is 32.1. The molecule has 1 aliphatic rings. The lowest BCUT2D eigenvalue weighted by molar-refractivity contribution is 0.0922. The van der Waals surface area contributed by atoms with Gasteiger partial charge in [-0.2, -0.15) is 0 Å². The Morgan fingerprint density at radius 2 is 2.00 bits per heavy atom. The number of aliphatic hydroxyl groups is 1. The summed E-state index contributed by atoms with van der Waals surface area (Å²) >= 11 is 1.54. The number of carbonyl (C=O) groups excluding carboxylic acids is 1. The molecule has 0 radical (unpaired) electrons. The molecule has 1 fully saturated rings. The number of aliphatic hydroxyl groups excluding tert-OH is 1. The molecule has 0 atom stereocenters. The average molecular weight is 333 g/mol. The van der Waals surface area contributed by atoms with Gasteiger partial charge in [-0.15, -0.1) is 11.3 Å². The van der Waals surface area contributed by atoms with Crippen LogP contribution < -0.4 is 5.32 Å². The molecule has 2 heterocycles. The molecule has 0 aliphatic heterocycles. The molecule has 0 spiro atoms. The summed E-state index contributed by atoms with van der Waals surface area (Å²) in [6.45, 7) is 1.99. The van der Waals surface area contributed by atoms with Crippen molar-refractivity contribution >= 4 is 17.2 Å². The second-order valence-electron chi connectivity index (χ2n) is 5.59. The summed E-state index contributed by atoms with van der Waals surface area (Å²) in [5, 5.41) is 10.1. The number of nitrogens with one attached hydrogen (secondary N) is 1. The van der Waals surface area contributed by atoms with Gasteiger partial charge in [-0.1, -0.05) is 19.3 Å². The number of aryl methyl sites for hydroxylation is 1. The summed E-state index contributed by atoms with van der Waals surface area (Å²) in [6.07, 6.45) is 7.65. The summed E-state index contributed by atoms with van der Waals surface area (Å²) in [5.74, 6) is -0.0589. The molecule has 0 bridgehead atoms. The van der Waals surface area contributed by atoms with E-state index in [-0.39, 0.29) is 5.91 Å². The van der Waals surface area contributed by atoms with Crippen molar-refractivity contribution < 1.29 is 9.90 Å². The van der Waals surface area contributed by atoms with Gasteiger partial charge >= 0.3 is 0 Å². The maximum atomic E-state index is 12.4. The van der Waals surface area contributed by atoms with Crippen LogP contribution in [0.3, 0.4) is 0 Å². The minimum atomic E-state index is -0.0589. The van der Waals surface area contributed by atoms with Crippen LogP contribution in [0.5, 0.6) is 0 Å². The number of amides is 1. The predicted molar refractivity (Wildman–Crippen MR) is 92.6 cm³/mol. The van der Waals surface area contributed by atoms with Crippen molar-refractivity contribution in [2.75, 3.05) is 7.11 Å². The van der Waals surface area contributed by atoms with Crippen LogP contribution in [0.15, 0.2) is 23.8 Å². The molecule has 2 aromatic rings. The van der Waals surface area contributed by atoms with Crippen LogP contribution in [-0.4, -0.2) is 34.1 Å². The van der Waals surface area contributed by atoms with Crippen molar-refractivity contribution in [1.82, 2.24) is 15.3 Å². The van der Waals surface area contributed by atoms with E-state index in [1.807, 2.05) is 19.1 Å². The Morgan fingerprint density at radius 1 is 1.26 bits per heavy atom. The summed E-state index contributed by atoms with van der Waals surface area (Å²) in [7, 11) is 1.00. The average Bonchev–Trinajstić information content (AvgIpc) is 3.12. The third kappa shape index (κ3) is 4.84. The van der Waals surface area contributed by atoms with Gasteiger partial charge in [0.15, 0.2) is 0 Å². The summed E-state index contributed by atoms with van der Waals surface area (Å²) in [5.41, 5.74) is 4.15. The van der Waals surface area contributed by atoms with Gasteiger partial charge in [0, 0.05) is 19.3 Å². The van der Waals surface area contributed by atoms with Crippen molar-refractivity contribution in [2.45, 2.75) is 45.1 Å². The van der Waals surface area contributed by atoms with E-state index in [0.29, 0.717) is 11.7 Å². The Bertz CT molecular complexity index is 623. The molecule has 0 unspecified atom stereocenters. The molecule has 23 heavy (non-hydrogen) atoms. The van der Waals surface area contributed by atoms with Crippen molar-refractivity contribution in [3.63, 3.8) is 0 Å². The molecular formula is C17H23N3O2S. The third-order valence-corrected chi connectivity index (χ3v) is 4.62. The van der Waals surface area contributed by atoms with Crippen molar-refractivity contribution in [3.8, 4) is 10.6 Å². The first kappa shape index (κ1) is 17.6. The third-order valence-electron chi connectivity index (χ3n) is 3.83. The van der Waals surface area contributed by atoms with Crippen LogP contribution in [0.25, 0.3) is 10.6 Å². The molecule has 5 nitrogen and oxygen atoms in total. The van der Waals surface area contributed by atoms with Gasteiger partial charge in [-0.25, -0.2) is 4.98 Å². The predicted octanol–water partition coefficient (Wildman–Crippen LogP) is 3.18. The lowest BCUT2D eigenvalue weighted by atomic mass is 9.95. The Hall–Kier alpha value is -1.79. The monoisotopic (exact) mass is 333 g/mol. The Balaban J connectivity index is 0.000000924. The highest BCUT2D eigenvalue weighted by Gasteiger charge is 2.18. The fraction of sp³-hybridized carbons (Fsp3) is 0.471. The topological polar surface area (TPSA) is 75.1 Å². The van der Waals surface area contributed by atoms with Crippen LogP contribution in [0.2, 0.25) is 0 Å². The molecule has 1 saturated carbocycles. The highest BCUT2D eigenvalue weighted by Crippen LogP contribution is 2.23. The number of nitrogens with zero attached hydrogens (tertiary/aromatic N) is 2. The Kier molecular flexibility index (Phi) is 6.67. The molecule has 1 amide bonds. The number of pyridine rings is 1. The largest absolute Gasteiger partial charge is 0.400 e. The van der Waals surface area contributed by atoms with Crippen molar-refractivity contribution in [2.24, 2.45) is 0 Å². The van der Waals surface area contributed by atoms with Gasteiger partial charge in [0.1, 0.15) is 5.69 Å². The molecule has 0 aromatic carbocycles. The second-order valence-corrected chi connectivity index (χ2v) is 6.48. The van der Waals surface area contributed by atoms with E-state index in [0.717, 1.165) is 36.1 Å². The first-order chi connectivity index (χ1) is 11.2. The maximum Gasteiger partial charge on any atom is 0.270 e. The van der Waals surface area contributed by atoms with E-state index in [2.05, 4.69) is 15.3 Å². The molecular weight excluding hydrogens is 310 g/mol. The number of carbonyl (C=O) groups is 1. The molecule has 0 saturated heterocycles. The van der Waals surface area contributed by atoms with Crippen molar-refractivity contribution in [1.29, 1.82) is 0 Å². The molecule has 3 rings (SSSR count). The minimum absolute atomic E-state index is 0.0589. The maximum absolute atomic E-state index is 12.4. The van der Waals surface area contributed by atoms with E-state index in [9.17, 15) is 4.79 Å². The SMILES string of the molecule is CO.Cc1cc(C(=O)NC2CCCCC2)nc(-c2cncs2)c1. The van der Waals surface area contributed by atoms with Gasteiger partial charge in [-0.05, 0) is 37.5 Å². The first-order valence-corrected chi connectivity index (χ1v) is 8.73. The van der Waals surface area contributed by atoms with Gasteiger partial charge in [-0.3, -0.25) is 9.78 Å². The Labute approximate surface area is 140 Å². The number of aromatic nitrogens is 2. The molecule has 2 N–H and O–H groups in total. The van der Waals surface area contributed by atoms with Crippen LogP contribution >= 0.6 is 11.3 Å². The lowest BCUT2D eigenvalue weighted by Crippen LogP contribution is -2.36. The summed E-state index contributed by atoms with van der Waals surface area (Å²) in [6, 6.07) is 4.15. The fourth-order valence-electron chi connectivity index (χ4n) is 2.76. The zero-order valence-electron chi connectivity index (χ0n) is 13.6. The van der Waals surface area contributed by atoms with E-state index in [4.69, 9.17) is 5.11 Å². The Morgan fingerprint density at radius 3 is 2.65 bits per heavy atom. The number of rotatable bonds is 3. The van der Waals surface area contributed by atoms with Crippen LogP contribution in [0.1, 0.15) is 48.2 Å². The fourth-order valence-corrected chi connectivity index (χ4v) is 3.34. The van der Waals surface area contributed by atoms with E-state index < -0.39 is 0 Å². The first-order valence-electron chi connectivity index (χ1n) is 7.85. The van der Waals surface area contributed by atoms with Gasteiger partial charge in [0.2, 0.25) is 0 Å². The highest BCUT2D eigenvalue weighted by molar-refractivity contribution is 7.13. The second kappa shape index (κ2) is 8.74. The number of thiazole rings is 1. The molecule has 6 heteroatoms. The summed E-state index contributed by atoms with van der Waals surface area (Å²) < 4.78 is 0. The molecule has 124 valence electrons. The smallest absolute Gasteiger partial charge is 0.270 e. The van der Waals surface area contributed by atoms with Gasteiger partial charge < -0.3 is 10.4 Å². The zero-order valence-corrected chi connectivity index (χ0v) is 14.4. The lowest BCUT2D eigenvalue weighted by Gasteiger charge is -2.22. The van der Waals surface area contributed by atoms with Gasteiger partial charge in [0.05, 0.1) is 16.1 Å². The van der Waals surface area contributed by atoms with E-state index in [1.165, 1.54) is 30.6 Å². The zero-order chi connectivity index (χ0) is 16.7. The van der Waals surface area contributed by atoms with Crippen LogP contribution in [0, 0.1) is 6.92 Å². The number of hydrogen-bond donors (Lipinski definition) is 2. The molecule has 2 aromatic heterocycles. The number of hydrogen-bond acceptors (Lipinski definition) is 5. The quantitative estimate of drug-likeness (QED) is 0.904. The van der Waals surface area contributed by atoms with Gasteiger partial charge in [0.25, 0.3) is 5.91 Å². The van der Waals surface area contributed by atoms with E-state index >= 15 is 0 Å². The normalized spacial score (nSPS) is 14.7. The van der Waals surface area contributed by atoms with Crippen molar-refractivity contribution in [3.05, 3.63) is 35.1 Å². The minimum Gasteiger partial charge on any atom is -0.400 e. The standard InChI is InChI=1S/C16H19N3OS.CH4O/c1-11-7-13(15-9-17-10-21-15)19-14(8-11)16(20)18-12-5-3-2-4-6-12;1-2/h7-10,12H,2-6H2,1H3,(H,18,20);2H,1H3. The molecule has 1 aliphatic carbocycles. The van der Waals surface area contributed by atoms with Crippen LogP contribution in [-0.2, 0) is 0 Å².